The third-order valence-electron chi connectivity index (χ3n) is 1.67. The molecule has 1 aromatic rings. The van der Waals surface area contributed by atoms with Crippen LogP contribution in [0.2, 0.25) is 0 Å². The maximum atomic E-state index is 10.4. The highest BCUT2D eigenvalue weighted by Crippen LogP contribution is 2.13. The van der Waals surface area contributed by atoms with Crippen LogP contribution in [0.4, 0.5) is 5.69 Å². The molecule has 58 valence electrons. The summed E-state index contributed by atoms with van der Waals surface area (Å²) < 4.78 is 0. The number of hydrogen-bond acceptors (Lipinski definition) is 2. The van der Waals surface area contributed by atoms with Crippen LogP contribution >= 0.6 is 0 Å². The van der Waals surface area contributed by atoms with Gasteiger partial charge in [0.05, 0.1) is 0 Å². The van der Waals surface area contributed by atoms with Crippen molar-refractivity contribution in [2.75, 3.05) is 5.73 Å². The number of aldehydes is 1. The van der Waals surface area contributed by atoms with Crippen molar-refractivity contribution < 1.29 is 4.79 Å². The average Bonchev–Trinajstić information content (AvgIpc) is 2.05. The molecule has 0 heterocycles. The van der Waals surface area contributed by atoms with E-state index in [0.29, 0.717) is 0 Å². The van der Waals surface area contributed by atoms with Gasteiger partial charge in [0.1, 0.15) is 6.29 Å². The minimum Gasteiger partial charge on any atom is -0.399 e. The summed E-state index contributed by atoms with van der Waals surface area (Å²) in [6.45, 7) is 1.86. The monoisotopic (exact) mass is 149 g/mol. The number of hydrogen-bond donors (Lipinski definition) is 1. The first kappa shape index (κ1) is 7.79. The zero-order valence-electron chi connectivity index (χ0n) is 6.45. The highest BCUT2D eigenvalue weighted by molar-refractivity contribution is 5.61. The molecule has 1 atom stereocenters. The van der Waals surface area contributed by atoms with Crippen molar-refractivity contribution in [3.05, 3.63) is 29.8 Å². The summed E-state index contributed by atoms with van der Waals surface area (Å²) in [4.78, 5) is 10.4. The van der Waals surface area contributed by atoms with E-state index in [1.54, 1.807) is 12.1 Å². The van der Waals surface area contributed by atoms with E-state index >= 15 is 0 Å². The first-order chi connectivity index (χ1) is 5.24. The summed E-state index contributed by atoms with van der Waals surface area (Å²) in [6.07, 6.45) is 0.922. The van der Waals surface area contributed by atoms with Crippen molar-refractivity contribution in [2.24, 2.45) is 0 Å². The third kappa shape index (κ3) is 1.80. The van der Waals surface area contributed by atoms with Crippen molar-refractivity contribution in [1.82, 2.24) is 0 Å². The second kappa shape index (κ2) is 3.19. The van der Waals surface area contributed by atoms with E-state index in [9.17, 15) is 4.79 Å². The molecule has 0 aromatic heterocycles. The molecular formula is C9H11NO. The summed E-state index contributed by atoms with van der Waals surface area (Å²) in [5.41, 5.74) is 7.22. The van der Waals surface area contributed by atoms with Crippen molar-refractivity contribution >= 4 is 12.0 Å². The van der Waals surface area contributed by atoms with Crippen LogP contribution in [0.5, 0.6) is 0 Å². The Morgan fingerprint density at radius 3 is 2.36 bits per heavy atom. The molecule has 1 aromatic carbocycles. The van der Waals surface area contributed by atoms with Gasteiger partial charge in [0, 0.05) is 11.6 Å². The number of nitrogens with two attached hydrogens (primary N) is 1. The molecule has 11 heavy (non-hydrogen) atoms. The lowest BCUT2D eigenvalue weighted by atomic mass is 10.0. The van der Waals surface area contributed by atoms with E-state index in [4.69, 9.17) is 5.73 Å². The Morgan fingerprint density at radius 1 is 1.36 bits per heavy atom. The first-order valence-electron chi connectivity index (χ1n) is 3.55. The fraction of sp³-hybridized carbons (Fsp3) is 0.222. The molecule has 0 saturated carbocycles. The Bertz CT molecular complexity index is 240. The zero-order chi connectivity index (χ0) is 8.27. The topological polar surface area (TPSA) is 43.1 Å². The number of nitrogen functional groups attached to an aromatic ring is 1. The minimum absolute atomic E-state index is 0.0319. The first-order valence-corrected chi connectivity index (χ1v) is 3.55. The SMILES string of the molecule is CC(C=O)c1ccc(N)cc1. The molecule has 0 saturated heterocycles. The lowest BCUT2D eigenvalue weighted by Crippen LogP contribution is -1.94. The molecule has 0 amide bonds. The van der Waals surface area contributed by atoms with Gasteiger partial charge in [0.2, 0.25) is 0 Å². The Morgan fingerprint density at radius 2 is 1.91 bits per heavy atom. The lowest BCUT2D eigenvalue weighted by Gasteiger charge is -2.02. The second-order valence-electron chi connectivity index (χ2n) is 2.59. The predicted molar refractivity (Wildman–Crippen MR) is 45.3 cm³/mol. The van der Waals surface area contributed by atoms with Crippen LogP contribution in [-0.4, -0.2) is 6.29 Å². The van der Waals surface area contributed by atoms with E-state index < -0.39 is 0 Å². The molecule has 1 rings (SSSR count). The molecule has 2 N–H and O–H groups in total. The van der Waals surface area contributed by atoms with Crippen LogP contribution in [0.3, 0.4) is 0 Å². The van der Waals surface area contributed by atoms with Crippen molar-refractivity contribution in [1.29, 1.82) is 0 Å². The number of carbonyl (C=O) groups is 1. The van der Waals surface area contributed by atoms with Gasteiger partial charge in [-0.05, 0) is 17.7 Å². The molecule has 0 aliphatic rings. The van der Waals surface area contributed by atoms with Gasteiger partial charge in [-0.2, -0.15) is 0 Å². The maximum absolute atomic E-state index is 10.4. The smallest absolute Gasteiger partial charge is 0.127 e. The Kier molecular flexibility index (Phi) is 2.26. The quantitative estimate of drug-likeness (QED) is 0.512. The van der Waals surface area contributed by atoms with Gasteiger partial charge in [0.25, 0.3) is 0 Å². The highest BCUT2D eigenvalue weighted by Gasteiger charge is 2.01. The maximum Gasteiger partial charge on any atom is 0.127 e. The summed E-state index contributed by atoms with van der Waals surface area (Å²) in [5, 5.41) is 0. The summed E-state index contributed by atoms with van der Waals surface area (Å²) in [6, 6.07) is 7.34. The average molecular weight is 149 g/mol. The van der Waals surface area contributed by atoms with Crippen molar-refractivity contribution in [3.63, 3.8) is 0 Å². The zero-order valence-corrected chi connectivity index (χ0v) is 6.45. The summed E-state index contributed by atoms with van der Waals surface area (Å²) >= 11 is 0. The van der Waals surface area contributed by atoms with Gasteiger partial charge in [0.15, 0.2) is 0 Å². The molecular weight excluding hydrogens is 138 g/mol. The fourth-order valence-electron chi connectivity index (χ4n) is 0.878. The van der Waals surface area contributed by atoms with Gasteiger partial charge in [-0.15, -0.1) is 0 Å². The number of carbonyl (C=O) groups excluding carboxylic acids is 1. The van der Waals surface area contributed by atoms with Crippen LogP contribution < -0.4 is 5.73 Å². The second-order valence-corrected chi connectivity index (χ2v) is 2.59. The summed E-state index contributed by atoms with van der Waals surface area (Å²) in [5.74, 6) is -0.0319. The number of rotatable bonds is 2. The van der Waals surface area contributed by atoms with Crippen LogP contribution in [0.15, 0.2) is 24.3 Å². The van der Waals surface area contributed by atoms with E-state index in [1.807, 2.05) is 19.1 Å². The molecule has 0 aliphatic heterocycles. The van der Waals surface area contributed by atoms with Gasteiger partial charge >= 0.3 is 0 Å². The highest BCUT2D eigenvalue weighted by atomic mass is 16.1. The van der Waals surface area contributed by atoms with E-state index in [1.165, 1.54) is 0 Å². The fourth-order valence-corrected chi connectivity index (χ4v) is 0.878. The molecule has 0 bridgehead atoms. The Balaban J connectivity index is 2.89. The molecule has 0 aliphatic carbocycles. The largest absolute Gasteiger partial charge is 0.399 e. The molecule has 2 heteroatoms. The molecule has 2 nitrogen and oxygen atoms in total. The van der Waals surface area contributed by atoms with E-state index in [2.05, 4.69) is 0 Å². The third-order valence-corrected chi connectivity index (χ3v) is 1.67. The Hall–Kier alpha value is -1.31. The number of anilines is 1. The summed E-state index contributed by atoms with van der Waals surface area (Å²) in [7, 11) is 0. The van der Waals surface area contributed by atoms with Gasteiger partial charge in [-0.3, -0.25) is 0 Å². The number of benzene rings is 1. The van der Waals surface area contributed by atoms with Crippen LogP contribution in [-0.2, 0) is 4.79 Å². The molecule has 0 spiro atoms. The molecule has 0 radical (unpaired) electrons. The van der Waals surface area contributed by atoms with Crippen molar-refractivity contribution in [3.8, 4) is 0 Å². The van der Waals surface area contributed by atoms with Crippen LogP contribution in [0.1, 0.15) is 18.4 Å². The predicted octanol–water partition coefficient (Wildman–Crippen LogP) is 1.57. The normalized spacial score (nSPS) is 12.5. The lowest BCUT2D eigenvalue weighted by molar-refractivity contribution is -0.108. The van der Waals surface area contributed by atoms with E-state index in [0.717, 1.165) is 17.5 Å². The minimum atomic E-state index is -0.0319. The van der Waals surface area contributed by atoms with Crippen LogP contribution in [0, 0.1) is 0 Å². The van der Waals surface area contributed by atoms with Gasteiger partial charge in [-0.25, -0.2) is 0 Å². The Labute approximate surface area is 66.0 Å². The van der Waals surface area contributed by atoms with Gasteiger partial charge in [-0.1, -0.05) is 19.1 Å². The van der Waals surface area contributed by atoms with Gasteiger partial charge < -0.3 is 10.5 Å². The molecule has 1 unspecified atom stereocenters. The van der Waals surface area contributed by atoms with Crippen molar-refractivity contribution in [2.45, 2.75) is 12.8 Å². The molecule has 0 fully saturated rings. The standard InChI is InChI=1S/C9H11NO/c1-7(6-11)8-2-4-9(10)5-3-8/h2-7H,10H2,1H3. The van der Waals surface area contributed by atoms with E-state index in [-0.39, 0.29) is 5.92 Å². The van der Waals surface area contributed by atoms with Crippen LogP contribution in [0.25, 0.3) is 0 Å².